The summed E-state index contributed by atoms with van der Waals surface area (Å²) in [7, 11) is 0. The quantitative estimate of drug-likeness (QED) is 0.378. The third-order valence-corrected chi connectivity index (χ3v) is 6.30. The largest absolute Gasteiger partial charge is 0.423 e. The molecule has 2 aliphatic rings. The fourth-order valence-electron chi connectivity index (χ4n) is 4.19. The number of halogens is 1. The molecule has 0 aromatic heterocycles. The molecule has 32 heavy (non-hydrogen) atoms. The number of para-hydroxylation sites is 1. The van der Waals surface area contributed by atoms with E-state index in [0.29, 0.717) is 17.0 Å². The van der Waals surface area contributed by atoms with Gasteiger partial charge in [-0.15, -0.1) is 0 Å². The maximum atomic E-state index is 12.9. The Balaban J connectivity index is 1.44. The number of carbonyl (C=O) groups excluding carboxylic acids is 3. The summed E-state index contributed by atoms with van der Waals surface area (Å²) in [4.78, 5) is 39.3. The smallest absolute Gasteiger partial charge is 0.343 e. The van der Waals surface area contributed by atoms with Gasteiger partial charge in [-0.05, 0) is 55.2 Å². The van der Waals surface area contributed by atoms with Crippen molar-refractivity contribution in [1.29, 1.82) is 0 Å². The number of hydrogen-bond acceptors (Lipinski definition) is 5. The van der Waals surface area contributed by atoms with Crippen molar-refractivity contribution in [2.75, 3.05) is 5.32 Å². The van der Waals surface area contributed by atoms with E-state index in [9.17, 15) is 14.4 Å². The second-order valence-corrected chi connectivity index (χ2v) is 8.39. The topological polar surface area (TPSA) is 75.7 Å². The van der Waals surface area contributed by atoms with Gasteiger partial charge in [0.05, 0.1) is 5.56 Å². The van der Waals surface area contributed by atoms with Crippen LogP contribution in [0.3, 0.4) is 0 Å². The van der Waals surface area contributed by atoms with E-state index in [1.165, 1.54) is 4.90 Å². The molecule has 0 atom stereocenters. The molecular formula is C25H25ClN2O4. The Bertz CT molecular complexity index is 1070. The van der Waals surface area contributed by atoms with Crippen molar-refractivity contribution in [3.8, 4) is 5.75 Å². The monoisotopic (exact) mass is 452 g/mol. The summed E-state index contributed by atoms with van der Waals surface area (Å²) in [5, 5.41) is 2.86. The minimum absolute atomic E-state index is 0.0782. The lowest BCUT2D eigenvalue weighted by Gasteiger charge is -2.29. The number of imide groups is 1. The molecule has 0 saturated heterocycles. The molecule has 2 aromatic rings. The van der Waals surface area contributed by atoms with Crippen molar-refractivity contribution in [2.24, 2.45) is 0 Å². The fourth-order valence-corrected chi connectivity index (χ4v) is 4.41. The maximum absolute atomic E-state index is 12.9. The van der Waals surface area contributed by atoms with Gasteiger partial charge in [-0.1, -0.05) is 56.0 Å². The van der Waals surface area contributed by atoms with Crippen LogP contribution in [0.2, 0.25) is 0 Å². The number of nitrogens with zero attached hydrogens (tertiary/aromatic N) is 1. The third-order valence-electron chi connectivity index (χ3n) is 5.94. The molecule has 0 spiro atoms. The van der Waals surface area contributed by atoms with Gasteiger partial charge in [0.25, 0.3) is 11.8 Å². The van der Waals surface area contributed by atoms with Crippen LogP contribution in [0.1, 0.15) is 54.9 Å². The van der Waals surface area contributed by atoms with Crippen LogP contribution in [0.4, 0.5) is 5.69 Å². The average Bonchev–Trinajstić information content (AvgIpc) is 3.03. The molecule has 166 valence electrons. The number of carbonyl (C=O) groups is 3. The highest BCUT2D eigenvalue weighted by atomic mass is 35.5. The zero-order valence-electron chi connectivity index (χ0n) is 17.9. The van der Waals surface area contributed by atoms with Crippen molar-refractivity contribution >= 4 is 35.1 Å². The van der Waals surface area contributed by atoms with Crippen LogP contribution in [0.25, 0.3) is 0 Å². The van der Waals surface area contributed by atoms with Gasteiger partial charge >= 0.3 is 5.97 Å². The van der Waals surface area contributed by atoms with E-state index in [1.807, 2.05) is 25.1 Å². The predicted octanol–water partition coefficient (Wildman–Crippen LogP) is 5.03. The van der Waals surface area contributed by atoms with Crippen LogP contribution in [-0.2, 0) is 16.0 Å². The molecule has 2 aromatic carbocycles. The number of ether oxygens (including phenoxy) is 1. The van der Waals surface area contributed by atoms with Crippen LogP contribution in [0, 0.1) is 0 Å². The predicted molar refractivity (Wildman–Crippen MR) is 122 cm³/mol. The van der Waals surface area contributed by atoms with Gasteiger partial charge in [0, 0.05) is 11.7 Å². The minimum atomic E-state index is -0.467. The zero-order valence-corrected chi connectivity index (χ0v) is 18.7. The molecule has 1 N–H and O–H groups in total. The highest BCUT2D eigenvalue weighted by Gasteiger charge is 2.42. The first-order chi connectivity index (χ1) is 15.5. The Labute approximate surface area is 192 Å². The highest BCUT2D eigenvalue weighted by molar-refractivity contribution is 6.48. The molecule has 1 saturated carbocycles. The Morgan fingerprint density at radius 1 is 1.03 bits per heavy atom. The summed E-state index contributed by atoms with van der Waals surface area (Å²) >= 11 is 6.22. The summed E-state index contributed by atoms with van der Waals surface area (Å²) in [5.41, 5.74) is 1.96. The van der Waals surface area contributed by atoms with Gasteiger partial charge in [-0.25, -0.2) is 4.79 Å². The molecule has 1 aliphatic carbocycles. The minimum Gasteiger partial charge on any atom is -0.423 e. The summed E-state index contributed by atoms with van der Waals surface area (Å²) in [6.07, 6.45) is 5.51. The number of aryl methyl sites for hydroxylation is 1. The molecule has 1 aliphatic heterocycles. The number of amides is 2. The van der Waals surface area contributed by atoms with Gasteiger partial charge in [-0.2, -0.15) is 0 Å². The van der Waals surface area contributed by atoms with E-state index in [0.717, 1.165) is 44.1 Å². The van der Waals surface area contributed by atoms with Gasteiger partial charge in [0.2, 0.25) is 0 Å². The van der Waals surface area contributed by atoms with Crippen molar-refractivity contribution < 1.29 is 19.1 Å². The van der Waals surface area contributed by atoms with Crippen LogP contribution in [0.15, 0.2) is 59.3 Å². The molecule has 2 amide bonds. The normalized spacial score (nSPS) is 17.1. The molecule has 0 unspecified atom stereocenters. The van der Waals surface area contributed by atoms with E-state index >= 15 is 0 Å². The number of anilines is 1. The molecular weight excluding hydrogens is 428 g/mol. The lowest BCUT2D eigenvalue weighted by atomic mass is 9.94. The Hall–Kier alpha value is -3.12. The van der Waals surface area contributed by atoms with E-state index in [4.69, 9.17) is 16.3 Å². The molecule has 4 rings (SSSR count). The molecule has 0 bridgehead atoms. The molecule has 1 heterocycles. The molecule has 6 nitrogen and oxygen atoms in total. The van der Waals surface area contributed by atoms with Gasteiger partial charge in [-0.3, -0.25) is 14.5 Å². The maximum Gasteiger partial charge on any atom is 0.343 e. The first-order valence-electron chi connectivity index (χ1n) is 10.9. The van der Waals surface area contributed by atoms with E-state index < -0.39 is 17.8 Å². The zero-order chi connectivity index (χ0) is 22.7. The van der Waals surface area contributed by atoms with Crippen molar-refractivity contribution in [2.45, 2.75) is 51.5 Å². The number of esters is 1. The number of nitrogens with one attached hydrogen (secondary N) is 1. The summed E-state index contributed by atoms with van der Waals surface area (Å²) in [6, 6.07) is 13.8. The van der Waals surface area contributed by atoms with Crippen molar-refractivity contribution in [1.82, 2.24) is 4.90 Å². The van der Waals surface area contributed by atoms with Gasteiger partial charge in [0.15, 0.2) is 0 Å². The summed E-state index contributed by atoms with van der Waals surface area (Å²) in [5.74, 6) is -0.769. The van der Waals surface area contributed by atoms with Crippen LogP contribution >= 0.6 is 11.6 Å². The lowest BCUT2D eigenvalue weighted by molar-refractivity contribution is -0.140. The van der Waals surface area contributed by atoms with Crippen LogP contribution in [0.5, 0.6) is 5.75 Å². The Morgan fingerprint density at radius 3 is 2.41 bits per heavy atom. The number of rotatable bonds is 6. The highest BCUT2D eigenvalue weighted by Crippen LogP contribution is 2.32. The molecule has 1 fully saturated rings. The van der Waals surface area contributed by atoms with E-state index in [-0.39, 0.29) is 16.8 Å². The van der Waals surface area contributed by atoms with Gasteiger partial charge < -0.3 is 10.1 Å². The lowest BCUT2D eigenvalue weighted by Crippen LogP contribution is -2.42. The van der Waals surface area contributed by atoms with Crippen LogP contribution in [-0.4, -0.2) is 28.7 Å². The SMILES string of the molecule is CCc1ccccc1OC(=O)c1ccc(NC2=C(Cl)C(=O)N(C3CCCCC3)C2=O)cc1. The molecule has 7 heteroatoms. The second-order valence-electron chi connectivity index (χ2n) is 8.01. The average molecular weight is 453 g/mol. The molecule has 0 radical (unpaired) electrons. The van der Waals surface area contributed by atoms with Crippen molar-refractivity contribution in [3.63, 3.8) is 0 Å². The fraction of sp³-hybridized carbons (Fsp3) is 0.320. The van der Waals surface area contributed by atoms with E-state index in [1.54, 1.807) is 30.3 Å². The van der Waals surface area contributed by atoms with E-state index in [2.05, 4.69) is 5.32 Å². The van der Waals surface area contributed by atoms with Crippen LogP contribution < -0.4 is 10.1 Å². The Morgan fingerprint density at radius 2 is 1.72 bits per heavy atom. The Kier molecular flexibility index (Phi) is 6.61. The van der Waals surface area contributed by atoms with Crippen molar-refractivity contribution in [3.05, 3.63) is 70.4 Å². The standard InChI is InChI=1S/C25H25ClN2O4/c1-2-16-8-6-7-11-20(16)32-25(31)17-12-14-18(15-13-17)27-22-21(26)23(29)28(24(22)30)19-9-4-3-5-10-19/h6-8,11-15,19,27H,2-5,9-10H2,1H3. The third kappa shape index (κ3) is 4.41. The second kappa shape index (κ2) is 9.57. The number of benzene rings is 2. The first-order valence-corrected chi connectivity index (χ1v) is 11.3. The summed E-state index contributed by atoms with van der Waals surface area (Å²) < 4.78 is 5.53. The number of hydrogen-bond donors (Lipinski definition) is 1. The first kappa shape index (κ1) is 22.1. The van der Waals surface area contributed by atoms with Gasteiger partial charge in [0.1, 0.15) is 16.5 Å². The summed E-state index contributed by atoms with van der Waals surface area (Å²) in [6.45, 7) is 2.00.